The quantitative estimate of drug-likeness (QED) is 0.665. The fourth-order valence-corrected chi connectivity index (χ4v) is 2.25. The Morgan fingerprint density at radius 1 is 1.45 bits per heavy atom. The van der Waals surface area contributed by atoms with Crippen LogP contribution in [0.1, 0.15) is 34.1 Å². The fourth-order valence-electron chi connectivity index (χ4n) is 2.25. The summed E-state index contributed by atoms with van der Waals surface area (Å²) in [5.74, 6) is -0.382. The molecule has 0 bridgehead atoms. The molecule has 1 saturated carbocycles. The van der Waals surface area contributed by atoms with Crippen molar-refractivity contribution in [3.05, 3.63) is 0 Å². The van der Waals surface area contributed by atoms with Crippen LogP contribution in [0.4, 0.5) is 0 Å². The van der Waals surface area contributed by atoms with Gasteiger partial charge in [0.05, 0.1) is 5.41 Å². The molecule has 2 nitrogen and oxygen atoms in total. The normalized spacial score (nSPS) is 33.9. The zero-order valence-corrected chi connectivity index (χ0v) is 7.64. The van der Waals surface area contributed by atoms with E-state index in [0.717, 1.165) is 6.42 Å². The first-order chi connectivity index (χ1) is 4.84. The van der Waals surface area contributed by atoms with Gasteiger partial charge in [0.2, 0.25) is 0 Å². The number of carbonyl (C=O) groups is 1. The third-order valence-corrected chi connectivity index (χ3v) is 3.17. The Morgan fingerprint density at radius 3 is 1.82 bits per heavy atom. The molecular weight excluding hydrogens is 140 g/mol. The smallest absolute Gasteiger partial charge is 0.310 e. The highest BCUT2D eigenvalue weighted by molar-refractivity contribution is 5.80. The second kappa shape index (κ2) is 1.99. The van der Waals surface area contributed by atoms with Crippen LogP contribution in [0.5, 0.6) is 0 Å². The zero-order chi connectivity index (χ0) is 8.86. The van der Waals surface area contributed by atoms with Gasteiger partial charge < -0.3 is 5.11 Å². The second-order valence-corrected chi connectivity index (χ2v) is 4.49. The molecule has 0 aromatic rings. The van der Waals surface area contributed by atoms with E-state index in [0.29, 0.717) is 0 Å². The Kier molecular flexibility index (Phi) is 1.55. The van der Waals surface area contributed by atoms with Crippen LogP contribution >= 0.6 is 0 Å². The van der Waals surface area contributed by atoms with Crippen LogP contribution in [0.25, 0.3) is 0 Å². The molecule has 1 rings (SSSR count). The molecule has 1 aliphatic carbocycles. The van der Waals surface area contributed by atoms with Crippen molar-refractivity contribution >= 4 is 5.97 Å². The van der Waals surface area contributed by atoms with Crippen LogP contribution in [-0.2, 0) is 4.79 Å². The number of aliphatic carboxylic acids is 1. The lowest BCUT2D eigenvalue weighted by molar-refractivity contribution is -0.146. The molecule has 0 aliphatic heterocycles. The molecule has 0 spiro atoms. The van der Waals surface area contributed by atoms with Crippen molar-refractivity contribution in [1.82, 2.24) is 0 Å². The summed E-state index contributed by atoms with van der Waals surface area (Å²) in [6.45, 7) is 8.04. The van der Waals surface area contributed by atoms with Crippen molar-refractivity contribution in [1.29, 1.82) is 0 Å². The van der Waals surface area contributed by atoms with Gasteiger partial charge in [-0.1, -0.05) is 27.7 Å². The number of hydrogen-bond acceptors (Lipinski definition) is 1. The van der Waals surface area contributed by atoms with Gasteiger partial charge in [0.15, 0.2) is 0 Å². The zero-order valence-electron chi connectivity index (χ0n) is 7.64. The number of carboxylic acids is 1. The Bertz CT molecular complexity index is 194. The number of carboxylic acid groups (broad SMARTS) is 1. The van der Waals surface area contributed by atoms with Crippen molar-refractivity contribution < 1.29 is 9.90 Å². The summed E-state index contributed by atoms with van der Waals surface area (Å²) in [5.41, 5.74) is -0.431. The minimum Gasteiger partial charge on any atom is -0.481 e. The molecule has 0 aromatic heterocycles. The predicted octanol–water partition coefficient (Wildman–Crippen LogP) is 2.14. The van der Waals surface area contributed by atoms with Gasteiger partial charge in [-0.15, -0.1) is 0 Å². The molecule has 11 heavy (non-hydrogen) atoms. The van der Waals surface area contributed by atoms with Gasteiger partial charge in [-0.2, -0.15) is 0 Å². The molecule has 0 heterocycles. The molecule has 1 atom stereocenters. The molecule has 0 amide bonds. The van der Waals surface area contributed by atoms with Crippen LogP contribution in [0, 0.1) is 16.7 Å². The topological polar surface area (TPSA) is 37.3 Å². The summed E-state index contributed by atoms with van der Waals surface area (Å²) in [7, 11) is 0. The molecule has 1 aliphatic rings. The van der Waals surface area contributed by atoms with E-state index in [2.05, 4.69) is 0 Å². The average molecular weight is 156 g/mol. The molecule has 1 unspecified atom stereocenters. The van der Waals surface area contributed by atoms with Gasteiger partial charge in [-0.05, 0) is 17.8 Å². The first-order valence-electron chi connectivity index (χ1n) is 4.08. The van der Waals surface area contributed by atoms with Gasteiger partial charge in [-0.3, -0.25) is 4.79 Å². The number of hydrogen-bond donors (Lipinski definition) is 1. The minimum absolute atomic E-state index is 0.00694. The van der Waals surface area contributed by atoms with Gasteiger partial charge >= 0.3 is 5.97 Å². The van der Waals surface area contributed by atoms with Crippen molar-refractivity contribution in [3.8, 4) is 0 Å². The molecule has 0 aromatic carbocycles. The molecule has 0 saturated heterocycles. The number of rotatable bonds is 2. The van der Waals surface area contributed by atoms with Crippen molar-refractivity contribution in [2.45, 2.75) is 34.1 Å². The predicted molar refractivity (Wildman–Crippen MR) is 43.3 cm³/mol. The Hall–Kier alpha value is -0.530. The average Bonchev–Trinajstić information content (AvgIpc) is 2.35. The Balaban J connectivity index is 2.88. The molecule has 0 radical (unpaired) electrons. The first-order valence-corrected chi connectivity index (χ1v) is 4.08. The van der Waals surface area contributed by atoms with E-state index >= 15 is 0 Å². The third kappa shape index (κ3) is 0.883. The highest BCUT2D eigenvalue weighted by atomic mass is 16.4. The van der Waals surface area contributed by atoms with E-state index in [1.807, 2.05) is 27.7 Å². The molecule has 64 valence electrons. The lowest BCUT2D eigenvalue weighted by Crippen LogP contribution is -2.26. The maximum atomic E-state index is 10.9. The minimum atomic E-state index is -0.627. The molecule has 1 fully saturated rings. The van der Waals surface area contributed by atoms with Crippen LogP contribution in [0.15, 0.2) is 0 Å². The molecular formula is C9H16O2. The Morgan fingerprint density at radius 2 is 1.82 bits per heavy atom. The van der Waals surface area contributed by atoms with Crippen LogP contribution in [0.2, 0.25) is 0 Å². The summed E-state index contributed by atoms with van der Waals surface area (Å²) >= 11 is 0. The summed E-state index contributed by atoms with van der Waals surface area (Å²) in [5, 5.41) is 9.01. The van der Waals surface area contributed by atoms with Crippen LogP contribution in [-0.4, -0.2) is 11.1 Å². The highest BCUT2D eigenvalue weighted by Gasteiger charge is 2.68. The lowest BCUT2D eigenvalue weighted by Gasteiger charge is -2.19. The Labute approximate surface area is 67.6 Å². The standard InChI is InChI=1S/C9H16O2/c1-6(2)9(7(10)11)5-8(9,3)4/h6H,5H2,1-4H3,(H,10,11). The van der Waals surface area contributed by atoms with Crippen molar-refractivity contribution in [3.63, 3.8) is 0 Å². The fraction of sp³-hybridized carbons (Fsp3) is 0.889. The van der Waals surface area contributed by atoms with E-state index in [1.165, 1.54) is 0 Å². The van der Waals surface area contributed by atoms with E-state index < -0.39 is 11.4 Å². The van der Waals surface area contributed by atoms with Gasteiger partial charge in [0.1, 0.15) is 0 Å². The highest BCUT2D eigenvalue weighted by Crippen LogP contribution is 2.67. The first kappa shape index (κ1) is 8.57. The van der Waals surface area contributed by atoms with E-state index in [-0.39, 0.29) is 11.3 Å². The van der Waals surface area contributed by atoms with Gasteiger partial charge in [0.25, 0.3) is 0 Å². The molecule has 1 N–H and O–H groups in total. The van der Waals surface area contributed by atoms with Crippen LogP contribution < -0.4 is 0 Å². The monoisotopic (exact) mass is 156 g/mol. The molecule has 2 heteroatoms. The lowest BCUT2D eigenvalue weighted by atomic mass is 9.85. The summed E-state index contributed by atoms with van der Waals surface area (Å²) in [4.78, 5) is 10.9. The summed E-state index contributed by atoms with van der Waals surface area (Å²) in [6.07, 6.45) is 0.826. The van der Waals surface area contributed by atoms with Crippen LogP contribution in [0.3, 0.4) is 0 Å². The van der Waals surface area contributed by atoms with Crippen molar-refractivity contribution in [2.75, 3.05) is 0 Å². The van der Waals surface area contributed by atoms with E-state index in [1.54, 1.807) is 0 Å². The second-order valence-electron chi connectivity index (χ2n) is 4.49. The third-order valence-electron chi connectivity index (χ3n) is 3.17. The largest absolute Gasteiger partial charge is 0.481 e. The SMILES string of the molecule is CC(C)C1(C(=O)O)CC1(C)C. The summed E-state index contributed by atoms with van der Waals surface area (Å²) < 4.78 is 0. The summed E-state index contributed by atoms with van der Waals surface area (Å²) in [6, 6.07) is 0. The van der Waals surface area contributed by atoms with E-state index in [9.17, 15) is 4.79 Å². The van der Waals surface area contributed by atoms with E-state index in [4.69, 9.17) is 5.11 Å². The van der Waals surface area contributed by atoms with Crippen molar-refractivity contribution in [2.24, 2.45) is 16.7 Å². The maximum absolute atomic E-state index is 10.9. The van der Waals surface area contributed by atoms with Gasteiger partial charge in [0, 0.05) is 0 Å². The van der Waals surface area contributed by atoms with Gasteiger partial charge in [-0.25, -0.2) is 0 Å². The maximum Gasteiger partial charge on any atom is 0.310 e.